The van der Waals surface area contributed by atoms with Crippen molar-refractivity contribution < 1.29 is 17.7 Å². The molecule has 0 aromatic heterocycles. The first-order valence-electron chi connectivity index (χ1n) is 16.1. The number of benzene rings is 1. The van der Waals surface area contributed by atoms with Crippen molar-refractivity contribution >= 4 is 10.1 Å². The minimum atomic E-state index is -3.74. The lowest BCUT2D eigenvalue weighted by Gasteiger charge is -2.63. The fourth-order valence-corrected chi connectivity index (χ4v) is 11.8. The van der Waals surface area contributed by atoms with Crippen LogP contribution in [-0.2, 0) is 14.3 Å². The van der Waals surface area contributed by atoms with Crippen LogP contribution in [0.15, 0.2) is 29.2 Å². The molecule has 4 nitrogen and oxygen atoms in total. The summed E-state index contributed by atoms with van der Waals surface area (Å²) in [6.07, 6.45) is 13.2. The Hall–Kier alpha value is -0.910. The van der Waals surface area contributed by atoms with E-state index in [4.69, 9.17) is 4.18 Å². The molecular weight excluding hydrogens is 504 g/mol. The van der Waals surface area contributed by atoms with Crippen molar-refractivity contribution in [2.75, 3.05) is 6.61 Å². The van der Waals surface area contributed by atoms with Crippen LogP contribution >= 0.6 is 0 Å². The van der Waals surface area contributed by atoms with Gasteiger partial charge in [-0.1, -0.05) is 45.4 Å². The molecule has 5 fully saturated rings. The lowest BCUT2D eigenvalue weighted by Crippen LogP contribution is -2.56. The maximum absolute atomic E-state index is 13.0. The first kappa shape index (κ1) is 28.2. The monoisotopic (exact) mass is 556 g/mol. The molecule has 39 heavy (non-hydrogen) atoms. The van der Waals surface area contributed by atoms with Crippen LogP contribution in [0.3, 0.4) is 0 Å². The largest absolute Gasteiger partial charge is 0.390 e. The third-order valence-corrected chi connectivity index (χ3v) is 14.6. The van der Waals surface area contributed by atoms with Gasteiger partial charge in [0.1, 0.15) is 0 Å². The lowest BCUT2D eigenvalue weighted by atomic mass is 9.43. The van der Waals surface area contributed by atoms with Crippen molar-refractivity contribution in [2.45, 2.75) is 116 Å². The van der Waals surface area contributed by atoms with E-state index in [2.05, 4.69) is 27.7 Å². The third kappa shape index (κ3) is 4.75. The number of hydrogen-bond acceptors (Lipinski definition) is 4. The molecule has 5 aliphatic carbocycles. The fraction of sp³-hybridized carbons (Fsp3) is 0.824. The Bertz CT molecular complexity index is 1160. The van der Waals surface area contributed by atoms with Crippen molar-refractivity contribution in [3.05, 3.63) is 29.8 Å². The molecule has 5 heteroatoms. The minimum absolute atomic E-state index is 0.221. The average molecular weight is 557 g/mol. The van der Waals surface area contributed by atoms with Crippen LogP contribution in [0, 0.1) is 65.1 Å². The predicted octanol–water partition coefficient (Wildman–Crippen LogP) is 7.77. The van der Waals surface area contributed by atoms with Gasteiger partial charge in [-0.15, -0.1) is 0 Å². The Morgan fingerprint density at radius 3 is 2.36 bits per heavy atom. The molecule has 5 saturated carbocycles. The molecule has 0 spiro atoms. The molecule has 6 rings (SSSR count). The van der Waals surface area contributed by atoms with Gasteiger partial charge in [0, 0.05) is 0 Å². The second-order valence-corrected chi connectivity index (χ2v) is 16.9. The van der Waals surface area contributed by atoms with Crippen LogP contribution < -0.4 is 0 Å². The maximum Gasteiger partial charge on any atom is 0.296 e. The van der Waals surface area contributed by atoms with Crippen molar-refractivity contribution in [1.29, 1.82) is 0 Å². The van der Waals surface area contributed by atoms with E-state index in [1.165, 1.54) is 51.4 Å². The van der Waals surface area contributed by atoms with E-state index >= 15 is 0 Å². The third-order valence-electron chi connectivity index (χ3n) is 13.3. The Morgan fingerprint density at radius 2 is 1.69 bits per heavy atom. The van der Waals surface area contributed by atoms with Crippen LogP contribution in [0.5, 0.6) is 0 Å². The molecule has 1 aromatic carbocycles. The second kappa shape index (κ2) is 9.83. The first-order valence-corrected chi connectivity index (χ1v) is 17.5. The van der Waals surface area contributed by atoms with Gasteiger partial charge in [-0.2, -0.15) is 8.42 Å². The highest BCUT2D eigenvalue weighted by Crippen LogP contribution is 2.72. The molecule has 10 atom stereocenters. The molecule has 5 aliphatic rings. The van der Waals surface area contributed by atoms with Crippen molar-refractivity contribution in [2.24, 2.45) is 58.2 Å². The standard InChI is InChI=1S/C34H52O4S/c1-6-34(35)18-17-32(4)25(20-34)11-14-27-29(32)15-16-33(5)30(19-28(31(27)33)24-9-10-24)23(3)21-38-39(36,37)26-12-7-22(2)8-13-26/h7-8,12-13,23-25,27-31,35H,6,9-11,14-21H2,1-5H3/t23-,25+,27-,28+,29+,30-,31-,32+,33-,34+/m1/s1. The van der Waals surface area contributed by atoms with Gasteiger partial charge in [-0.05, 0) is 148 Å². The van der Waals surface area contributed by atoms with E-state index in [0.717, 1.165) is 54.4 Å². The van der Waals surface area contributed by atoms with Gasteiger partial charge in [0.25, 0.3) is 10.1 Å². The van der Waals surface area contributed by atoms with E-state index in [1.807, 2.05) is 19.1 Å². The van der Waals surface area contributed by atoms with Gasteiger partial charge in [0.2, 0.25) is 0 Å². The molecule has 0 saturated heterocycles. The Labute approximate surface area is 237 Å². The zero-order chi connectivity index (χ0) is 27.8. The molecule has 0 radical (unpaired) electrons. The minimum Gasteiger partial charge on any atom is -0.390 e. The van der Waals surface area contributed by atoms with Crippen LogP contribution in [-0.4, -0.2) is 25.7 Å². The summed E-state index contributed by atoms with van der Waals surface area (Å²) in [6.45, 7) is 11.8. The van der Waals surface area contributed by atoms with Crippen LogP contribution in [0.25, 0.3) is 0 Å². The smallest absolute Gasteiger partial charge is 0.296 e. The molecule has 218 valence electrons. The Morgan fingerprint density at radius 1 is 0.974 bits per heavy atom. The molecule has 0 heterocycles. The topological polar surface area (TPSA) is 63.6 Å². The quantitative estimate of drug-likeness (QED) is 0.348. The zero-order valence-electron chi connectivity index (χ0n) is 25.0. The number of rotatable bonds is 7. The van der Waals surface area contributed by atoms with Gasteiger partial charge in [0.15, 0.2) is 0 Å². The average Bonchev–Trinajstić information content (AvgIpc) is 3.70. The molecular formula is C34H52O4S. The van der Waals surface area contributed by atoms with Gasteiger partial charge in [-0.25, -0.2) is 0 Å². The lowest BCUT2D eigenvalue weighted by molar-refractivity contribution is -0.158. The number of aryl methyl sites for hydroxylation is 1. The highest BCUT2D eigenvalue weighted by atomic mass is 32.2. The number of aliphatic hydroxyl groups is 1. The molecule has 0 amide bonds. The normalized spacial score (nSPS) is 44.8. The summed E-state index contributed by atoms with van der Waals surface area (Å²) in [5.41, 5.74) is 1.25. The molecule has 0 bridgehead atoms. The Kier molecular flexibility index (Phi) is 7.12. The summed E-state index contributed by atoms with van der Waals surface area (Å²) in [7, 11) is -3.74. The second-order valence-electron chi connectivity index (χ2n) is 15.3. The summed E-state index contributed by atoms with van der Waals surface area (Å²) in [4.78, 5) is 0.264. The van der Waals surface area contributed by atoms with Gasteiger partial charge in [0.05, 0.1) is 17.1 Å². The van der Waals surface area contributed by atoms with E-state index in [-0.39, 0.29) is 22.8 Å². The van der Waals surface area contributed by atoms with Gasteiger partial charge >= 0.3 is 0 Å². The highest BCUT2D eigenvalue weighted by Gasteiger charge is 2.65. The number of hydrogen-bond donors (Lipinski definition) is 1. The van der Waals surface area contributed by atoms with Crippen LogP contribution in [0.4, 0.5) is 0 Å². The summed E-state index contributed by atoms with van der Waals surface area (Å²) < 4.78 is 31.7. The van der Waals surface area contributed by atoms with E-state index < -0.39 is 15.7 Å². The predicted molar refractivity (Wildman–Crippen MR) is 156 cm³/mol. The van der Waals surface area contributed by atoms with E-state index in [9.17, 15) is 13.5 Å². The summed E-state index contributed by atoms with van der Waals surface area (Å²) >= 11 is 0. The zero-order valence-corrected chi connectivity index (χ0v) is 25.8. The summed E-state index contributed by atoms with van der Waals surface area (Å²) in [6, 6.07) is 7.00. The van der Waals surface area contributed by atoms with Crippen molar-refractivity contribution in [1.82, 2.24) is 0 Å². The van der Waals surface area contributed by atoms with Gasteiger partial charge < -0.3 is 5.11 Å². The first-order chi connectivity index (χ1) is 18.4. The van der Waals surface area contributed by atoms with Crippen molar-refractivity contribution in [3.8, 4) is 0 Å². The molecule has 0 aliphatic heterocycles. The molecule has 0 unspecified atom stereocenters. The summed E-state index contributed by atoms with van der Waals surface area (Å²) in [5, 5.41) is 11.2. The number of fused-ring (bicyclic) bond motifs is 5. The highest BCUT2D eigenvalue weighted by molar-refractivity contribution is 7.86. The van der Waals surface area contributed by atoms with Crippen LogP contribution in [0.1, 0.15) is 104 Å². The van der Waals surface area contributed by atoms with E-state index in [0.29, 0.717) is 17.3 Å². The molecule has 1 aromatic rings. The SMILES string of the molecule is CC[C@]1(O)CC[C@@]2(C)[C@@H](CC[C@H]3[C@@H]4[C@H](C5CC5)C[C@H]([C@H](C)COS(=O)(=O)c5ccc(C)cc5)[C@@]4(C)CC[C@@H]32)C1. The molecule has 1 N–H and O–H groups in total. The van der Waals surface area contributed by atoms with E-state index in [1.54, 1.807) is 12.1 Å². The maximum atomic E-state index is 13.0. The Balaban J connectivity index is 1.21. The van der Waals surface area contributed by atoms with Gasteiger partial charge in [-0.3, -0.25) is 4.18 Å². The fourth-order valence-electron chi connectivity index (χ4n) is 10.8. The summed E-state index contributed by atoms with van der Waals surface area (Å²) in [5.74, 6) is 5.41. The van der Waals surface area contributed by atoms with Crippen LogP contribution in [0.2, 0.25) is 0 Å². The van der Waals surface area contributed by atoms with Crippen molar-refractivity contribution in [3.63, 3.8) is 0 Å².